The molecule has 0 aliphatic heterocycles. The molecular weight excluding hydrogens is 249 g/mol. The van der Waals surface area contributed by atoms with Crippen molar-refractivity contribution in [2.24, 2.45) is 0 Å². The summed E-state index contributed by atoms with van der Waals surface area (Å²) >= 11 is 0. The van der Waals surface area contributed by atoms with Crippen molar-refractivity contribution >= 4 is 18.0 Å². The van der Waals surface area contributed by atoms with Crippen molar-refractivity contribution in [2.45, 2.75) is 18.9 Å². The Hall–Kier alpha value is -2.17. The Bertz CT molecular complexity index is 539. The average molecular weight is 263 g/mol. The van der Waals surface area contributed by atoms with Crippen molar-refractivity contribution in [3.8, 4) is 0 Å². The molecule has 1 atom stereocenters. The molecular formula is C14H14FNO3. The molecule has 0 heterocycles. The van der Waals surface area contributed by atoms with Crippen molar-refractivity contribution in [1.82, 2.24) is 5.32 Å². The summed E-state index contributed by atoms with van der Waals surface area (Å²) in [6.07, 6.45) is 5.81. The number of nitrogens with one attached hydrogen (secondary N) is 1. The quantitative estimate of drug-likeness (QED) is 0.870. The van der Waals surface area contributed by atoms with Crippen LogP contribution in [0.1, 0.15) is 27.9 Å². The first-order valence-corrected chi connectivity index (χ1v) is 6.01. The van der Waals surface area contributed by atoms with Crippen molar-refractivity contribution in [3.63, 3.8) is 0 Å². The summed E-state index contributed by atoms with van der Waals surface area (Å²) in [5.41, 5.74) is 2.46. The number of carboxylic acids is 1. The van der Waals surface area contributed by atoms with Gasteiger partial charge in [0.2, 0.25) is 0 Å². The second-order valence-corrected chi connectivity index (χ2v) is 4.37. The van der Waals surface area contributed by atoms with Gasteiger partial charge >= 0.3 is 5.97 Å². The van der Waals surface area contributed by atoms with Gasteiger partial charge in [-0.15, -0.1) is 0 Å². The molecule has 1 unspecified atom stereocenters. The maximum Gasteiger partial charge on any atom is 0.328 e. The number of aliphatic carboxylic acids is 1. The molecule has 1 amide bonds. The Morgan fingerprint density at radius 1 is 1.42 bits per heavy atom. The van der Waals surface area contributed by atoms with E-state index in [0.29, 0.717) is 5.56 Å². The fraction of sp³-hybridized carbons (Fsp3) is 0.286. The first-order valence-electron chi connectivity index (χ1n) is 6.01. The fourth-order valence-electron chi connectivity index (χ4n) is 1.98. The molecule has 19 heavy (non-hydrogen) atoms. The number of rotatable bonds is 4. The van der Waals surface area contributed by atoms with Crippen LogP contribution in [-0.4, -0.2) is 29.7 Å². The first-order chi connectivity index (χ1) is 9.11. The van der Waals surface area contributed by atoms with Gasteiger partial charge in [0.1, 0.15) is 6.67 Å². The van der Waals surface area contributed by atoms with Crippen LogP contribution in [0.15, 0.2) is 24.3 Å². The van der Waals surface area contributed by atoms with Gasteiger partial charge in [-0.2, -0.15) is 0 Å². The SMILES string of the molecule is O=C(NC(CF)C(=O)O)c1ccc2c(c1)CCC=C2. The number of halogens is 1. The standard InChI is InChI=1S/C14H14FNO3/c15-8-12(14(18)19)16-13(17)11-6-5-9-3-1-2-4-10(9)7-11/h1,3,5-7,12H,2,4,8H2,(H,16,17)(H,18,19). The normalized spacial score (nSPS) is 14.6. The third kappa shape index (κ3) is 2.99. The van der Waals surface area contributed by atoms with Crippen LogP contribution in [-0.2, 0) is 11.2 Å². The van der Waals surface area contributed by atoms with E-state index in [0.717, 1.165) is 24.0 Å². The minimum Gasteiger partial charge on any atom is -0.480 e. The lowest BCUT2D eigenvalue weighted by Crippen LogP contribution is -2.42. The predicted molar refractivity (Wildman–Crippen MR) is 68.7 cm³/mol. The molecule has 0 saturated heterocycles. The predicted octanol–water partition coefficient (Wildman–Crippen LogP) is 1.80. The summed E-state index contributed by atoms with van der Waals surface area (Å²) in [7, 11) is 0. The molecule has 0 aromatic heterocycles. The van der Waals surface area contributed by atoms with Crippen molar-refractivity contribution in [1.29, 1.82) is 0 Å². The zero-order valence-corrected chi connectivity index (χ0v) is 10.2. The highest BCUT2D eigenvalue weighted by molar-refractivity contribution is 5.97. The molecule has 0 saturated carbocycles. The lowest BCUT2D eigenvalue weighted by molar-refractivity contribution is -0.139. The molecule has 0 spiro atoms. The van der Waals surface area contributed by atoms with Crippen LogP contribution in [0.3, 0.4) is 0 Å². The van der Waals surface area contributed by atoms with Crippen LogP contribution in [0.5, 0.6) is 0 Å². The van der Waals surface area contributed by atoms with E-state index in [1.807, 2.05) is 12.1 Å². The van der Waals surface area contributed by atoms with Crippen LogP contribution in [0.2, 0.25) is 0 Å². The number of alkyl halides is 1. The first kappa shape index (κ1) is 13.3. The zero-order valence-electron chi connectivity index (χ0n) is 10.2. The molecule has 5 heteroatoms. The van der Waals surface area contributed by atoms with Crippen molar-refractivity contribution in [3.05, 3.63) is 41.0 Å². The number of carbonyl (C=O) groups is 2. The Kier molecular flexibility index (Phi) is 3.94. The molecule has 100 valence electrons. The minimum atomic E-state index is -1.50. The third-order valence-electron chi connectivity index (χ3n) is 3.04. The van der Waals surface area contributed by atoms with Gasteiger partial charge in [0.05, 0.1) is 0 Å². The van der Waals surface area contributed by atoms with Crippen molar-refractivity contribution in [2.75, 3.05) is 6.67 Å². The third-order valence-corrected chi connectivity index (χ3v) is 3.04. The highest BCUT2D eigenvalue weighted by Crippen LogP contribution is 2.20. The summed E-state index contributed by atoms with van der Waals surface area (Å²) in [4.78, 5) is 22.5. The number of aryl methyl sites for hydroxylation is 1. The molecule has 2 rings (SSSR count). The van der Waals surface area contributed by atoms with Gasteiger partial charge in [-0.3, -0.25) is 4.79 Å². The highest BCUT2D eigenvalue weighted by atomic mass is 19.1. The number of benzene rings is 1. The van der Waals surface area contributed by atoms with Gasteiger partial charge in [-0.1, -0.05) is 18.2 Å². The highest BCUT2D eigenvalue weighted by Gasteiger charge is 2.20. The second kappa shape index (κ2) is 5.65. The average Bonchev–Trinajstić information content (AvgIpc) is 2.43. The number of carbonyl (C=O) groups excluding carboxylic acids is 1. The summed E-state index contributed by atoms with van der Waals surface area (Å²) in [6.45, 7) is -1.13. The molecule has 0 fully saturated rings. The summed E-state index contributed by atoms with van der Waals surface area (Å²) in [5.74, 6) is -1.95. The number of fused-ring (bicyclic) bond motifs is 1. The van der Waals surface area contributed by atoms with Gasteiger partial charge in [0.25, 0.3) is 5.91 Å². The van der Waals surface area contributed by atoms with Gasteiger partial charge in [0.15, 0.2) is 6.04 Å². The number of hydrogen-bond acceptors (Lipinski definition) is 2. The maximum atomic E-state index is 12.5. The van der Waals surface area contributed by atoms with E-state index in [9.17, 15) is 14.0 Å². The van der Waals surface area contributed by atoms with E-state index in [1.54, 1.807) is 12.1 Å². The van der Waals surface area contributed by atoms with E-state index >= 15 is 0 Å². The number of carboxylic acid groups (broad SMARTS) is 1. The van der Waals surface area contributed by atoms with Crippen LogP contribution in [0.4, 0.5) is 4.39 Å². The van der Waals surface area contributed by atoms with Crippen LogP contribution < -0.4 is 5.32 Å². The number of amides is 1. The maximum absolute atomic E-state index is 12.5. The molecule has 1 aliphatic rings. The molecule has 1 aliphatic carbocycles. The largest absolute Gasteiger partial charge is 0.480 e. The molecule has 1 aromatic rings. The van der Waals surface area contributed by atoms with E-state index in [4.69, 9.17) is 5.11 Å². The smallest absolute Gasteiger partial charge is 0.328 e. The fourth-order valence-corrected chi connectivity index (χ4v) is 1.98. The molecule has 0 bridgehead atoms. The molecule has 4 nitrogen and oxygen atoms in total. The monoisotopic (exact) mass is 263 g/mol. The van der Waals surface area contributed by atoms with Gasteiger partial charge in [-0.25, -0.2) is 9.18 Å². The Labute approximate surface area is 109 Å². The molecule has 2 N–H and O–H groups in total. The van der Waals surface area contributed by atoms with Gasteiger partial charge in [0, 0.05) is 5.56 Å². The minimum absolute atomic E-state index is 0.355. The Morgan fingerprint density at radius 2 is 2.21 bits per heavy atom. The molecule has 1 aromatic carbocycles. The van der Waals surface area contributed by atoms with E-state index in [-0.39, 0.29) is 0 Å². The topological polar surface area (TPSA) is 66.4 Å². The lowest BCUT2D eigenvalue weighted by atomic mass is 9.95. The summed E-state index contributed by atoms with van der Waals surface area (Å²) < 4.78 is 12.5. The molecule has 0 radical (unpaired) electrons. The van der Waals surface area contributed by atoms with Crippen LogP contribution in [0.25, 0.3) is 6.08 Å². The number of hydrogen-bond donors (Lipinski definition) is 2. The van der Waals surface area contributed by atoms with E-state index in [2.05, 4.69) is 11.4 Å². The van der Waals surface area contributed by atoms with Gasteiger partial charge in [-0.05, 0) is 36.1 Å². The summed E-state index contributed by atoms with van der Waals surface area (Å²) in [6, 6.07) is 3.65. The van der Waals surface area contributed by atoms with Crippen molar-refractivity contribution < 1.29 is 19.1 Å². The van der Waals surface area contributed by atoms with Crippen LogP contribution >= 0.6 is 0 Å². The van der Waals surface area contributed by atoms with Crippen LogP contribution in [0, 0.1) is 0 Å². The zero-order chi connectivity index (χ0) is 13.8. The van der Waals surface area contributed by atoms with Gasteiger partial charge < -0.3 is 10.4 Å². The van der Waals surface area contributed by atoms with E-state index < -0.39 is 24.6 Å². The lowest BCUT2D eigenvalue weighted by Gasteiger charge is -2.14. The van der Waals surface area contributed by atoms with E-state index in [1.165, 1.54) is 0 Å². The number of allylic oxidation sites excluding steroid dienone is 1. The summed E-state index contributed by atoms with van der Waals surface area (Å²) in [5, 5.41) is 10.9. The Morgan fingerprint density at radius 3 is 2.89 bits per heavy atom. The second-order valence-electron chi connectivity index (χ2n) is 4.37. The Balaban J connectivity index is 2.16.